The third-order valence-electron chi connectivity index (χ3n) is 7.91. The number of hydrogen-bond donors (Lipinski definition) is 1. The molecule has 0 fully saturated rings. The molecule has 0 heterocycles. The van der Waals surface area contributed by atoms with Crippen molar-refractivity contribution >= 4 is 11.9 Å². The van der Waals surface area contributed by atoms with E-state index in [2.05, 4.69) is 50.3 Å². The first-order chi connectivity index (χ1) is 21.6. The lowest BCUT2D eigenvalue weighted by atomic mass is 10.1. The van der Waals surface area contributed by atoms with E-state index >= 15 is 0 Å². The highest BCUT2D eigenvalue weighted by atomic mass is 16.6. The second kappa shape index (κ2) is 35.6. The zero-order valence-corrected chi connectivity index (χ0v) is 28.9. The molecule has 0 aromatic carbocycles. The predicted octanol–water partition coefficient (Wildman–Crippen LogP) is 11.3. The molecule has 0 aliphatic heterocycles. The molecule has 0 saturated carbocycles. The first-order valence-electron chi connectivity index (χ1n) is 18.5. The minimum Gasteiger partial charge on any atom is -0.462 e. The van der Waals surface area contributed by atoms with Crippen LogP contribution in [-0.2, 0) is 19.1 Å². The van der Waals surface area contributed by atoms with E-state index < -0.39 is 6.10 Å². The number of allylic oxidation sites excluding steroid dienone is 6. The number of carbonyl (C=O) groups is 2. The van der Waals surface area contributed by atoms with Gasteiger partial charge in [-0.3, -0.25) is 9.59 Å². The average Bonchev–Trinajstić information content (AvgIpc) is 3.02. The van der Waals surface area contributed by atoms with Crippen LogP contribution in [0.15, 0.2) is 36.5 Å². The topological polar surface area (TPSA) is 72.8 Å². The molecule has 1 N–H and O–H groups in total. The van der Waals surface area contributed by atoms with Gasteiger partial charge in [-0.25, -0.2) is 0 Å². The second-order valence-electron chi connectivity index (χ2n) is 12.3. The molecule has 256 valence electrons. The van der Waals surface area contributed by atoms with Gasteiger partial charge in [0.05, 0.1) is 6.61 Å². The molecule has 0 radical (unpaired) electrons. The Morgan fingerprint density at radius 3 is 1.41 bits per heavy atom. The van der Waals surface area contributed by atoms with Crippen molar-refractivity contribution < 1.29 is 24.2 Å². The number of unbranched alkanes of at least 4 members (excludes halogenated alkanes) is 19. The maximum atomic E-state index is 12.1. The molecule has 0 amide bonds. The Bertz CT molecular complexity index is 711. The van der Waals surface area contributed by atoms with Crippen molar-refractivity contribution in [3.8, 4) is 0 Å². The van der Waals surface area contributed by atoms with Crippen LogP contribution in [0.4, 0.5) is 0 Å². The van der Waals surface area contributed by atoms with Crippen molar-refractivity contribution in [2.24, 2.45) is 0 Å². The molecule has 44 heavy (non-hydrogen) atoms. The number of aliphatic hydroxyl groups excluding tert-OH is 1. The van der Waals surface area contributed by atoms with E-state index in [1.165, 1.54) is 89.9 Å². The van der Waals surface area contributed by atoms with E-state index in [0.29, 0.717) is 12.8 Å². The van der Waals surface area contributed by atoms with Gasteiger partial charge in [0.1, 0.15) is 6.61 Å². The van der Waals surface area contributed by atoms with Crippen molar-refractivity contribution in [1.29, 1.82) is 0 Å². The molecule has 1 atom stereocenters. The maximum Gasteiger partial charge on any atom is 0.306 e. The highest BCUT2D eigenvalue weighted by Crippen LogP contribution is 2.12. The van der Waals surface area contributed by atoms with Crippen molar-refractivity contribution in [1.82, 2.24) is 0 Å². The maximum absolute atomic E-state index is 12.1. The van der Waals surface area contributed by atoms with Crippen LogP contribution < -0.4 is 0 Å². The Morgan fingerprint density at radius 1 is 0.523 bits per heavy atom. The number of rotatable bonds is 33. The van der Waals surface area contributed by atoms with Crippen molar-refractivity contribution in [2.45, 2.75) is 187 Å². The first-order valence-corrected chi connectivity index (χ1v) is 18.5. The predicted molar refractivity (Wildman–Crippen MR) is 187 cm³/mol. The largest absolute Gasteiger partial charge is 0.462 e. The van der Waals surface area contributed by atoms with Gasteiger partial charge in [0.25, 0.3) is 0 Å². The van der Waals surface area contributed by atoms with Gasteiger partial charge in [-0.05, 0) is 70.6 Å². The van der Waals surface area contributed by atoms with Gasteiger partial charge in [0, 0.05) is 12.8 Å². The van der Waals surface area contributed by atoms with Gasteiger partial charge < -0.3 is 14.6 Å². The zero-order valence-electron chi connectivity index (χ0n) is 28.9. The third kappa shape index (κ3) is 33.0. The van der Waals surface area contributed by atoms with Crippen LogP contribution in [0.2, 0.25) is 0 Å². The quantitative estimate of drug-likeness (QED) is 0.0450. The van der Waals surface area contributed by atoms with Gasteiger partial charge >= 0.3 is 11.9 Å². The summed E-state index contributed by atoms with van der Waals surface area (Å²) in [6, 6.07) is 0. The minimum absolute atomic E-state index is 0.0751. The van der Waals surface area contributed by atoms with E-state index in [1.54, 1.807) is 0 Å². The average molecular weight is 619 g/mol. The van der Waals surface area contributed by atoms with Gasteiger partial charge in [0.15, 0.2) is 6.10 Å². The lowest BCUT2D eigenvalue weighted by molar-refractivity contribution is -0.161. The summed E-state index contributed by atoms with van der Waals surface area (Å²) in [5, 5.41) is 9.53. The highest BCUT2D eigenvalue weighted by Gasteiger charge is 2.16. The van der Waals surface area contributed by atoms with Gasteiger partial charge in [-0.15, -0.1) is 0 Å². The lowest BCUT2D eigenvalue weighted by Gasteiger charge is -2.15. The lowest BCUT2D eigenvalue weighted by Crippen LogP contribution is -2.28. The molecule has 0 aromatic rings. The summed E-state index contributed by atoms with van der Waals surface area (Å²) in [7, 11) is 0. The molecule has 0 spiro atoms. The Labute approximate surface area is 272 Å². The van der Waals surface area contributed by atoms with Gasteiger partial charge in [-0.2, -0.15) is 0 Å². The fourth-order valence-electron chi connectivity index (χ4n) is 5.05. The number of ether oxygens (including phenoxy) is 2. The summed E-state index contributed by atoms with van der Waals surface area (Å²) in [6.07, 6.45) is 41.9. The highest BCUT2D eigenvalue weighted by molar-refractivity contribution is 5.70. The molecule has 0 rings (SSSR count). The first kappa shape index (κ1) is 42.1. The normalized spacial score (nSPS) is 12.5. The van der Waals surface area contributed by atoms with Crippen molar-refractivity contribution in [2.75, 3.05) is 13.2 Å². The Hall–Kier alpha value is -1.88. The fourth-order valence-corrected chi connectivity index (χ4v) is 5.05. The van der Waals surface area contributed by atoms with Crippen molar-refractivity contribution in [3.05, 3.63) is 36.5 Å². The van der Waals surface area contributed by atoms with Gasteiger partial charge in [0.2, 0.25) is 0 Å². The van der Waals surface area contributed by atoms with Crippen LogP contribution in [0.1, 0.15) is 181 Å². The molecule has 0 aliphatic carbocycles. The van der Waals surface area contributed by atoms with E-state index in [1.807, 2.05) is 0 Å². The molecular formula is C39H70O5. The molecule has 5 heteroatoms. The Balaban J connectivity index is 3.61. The fraction of sp³-hybridized carbons (Fsp3) is 0.795. The van der Waals surface area contributed by atoms with Crippen LogP contribution in [0.3, 0.4) is 0 Å². The van der Waals surface area contributed by atoms with Crippen LogP contribution in [0.5, 0.6) is 0 Å². The van der Waals surface area contributed by atoms with E-state index in [4.69, 9.17) is 9.47 Å². The summed E-state index contributed by atoms with van der Waals surface area (Å²) < 4.78 is 10.6. The number of carbonyl (C=O) groups excluding carboxylic acids is 2. The molecule has 0 aliphatic rings. The SMILES string of the molecule is CCCCC/C=C\CC=CCCCCCCCC(=O)OC(CO)COC(=O)CCCCCCC/C=C\CCCCCCCC. The van der Waals surface area contributed by atoms with E-state index in [0.717, 1.165) is 64.2 Å². The molecule has 0 saturated heterocycles. The zero-order chi connectivity index (χ0) is 32.2. The minimum atomic E-state index is -0.779. The number of hydrogen-bond acceptors (Lipinski definition) is 5. The molecule has 5 nitrogen and oxygen atoms in total. The molecule has 1 unspecified atom stereocenters. The smallest absolute Gasteiger partial charge is 0.306 e. The van der Waals surface area contributed by atoms with Gasteiger partial charge in [-0.1, -0.05) is 134 Å². The second-order valence-corrected chi connectivity index (χ2v) is 12.3. The third-order valence-corrected chi connectivity index (χ3v) is 7.91. The molecule has 0 aromatic heterocycles. The van der Waals surface area contributed by atoms with E-state index in [9.17, 15) is 14.7 Å². The summed E-state index contributed by atoms with van der Waals surface area (Å²) in [5.41, 5.74) is 0. The molecule has 0 bridgehead atoms. The summed E-state index contributed by atoms with van der Waals surface area (Å²) in [6.45, 7) is 4.08. The monoisotopic (exact) mass is 619 g/mol. The number of aliphatic hydroxyl groups is 1. The Morgan fingerprint density at radius 2 is 0.909 bits per heavy atom. The van der Waals surface area contributed by atoms with Crippen LogP contribution >= 0.6 is 0 Å². The number of esters is 2. The van der Waals surface area contributed by atoms with Crippen LogP contribution in [0.25, 0.3) is 0 Å². The summed E-state index contributed by atoms with van der Waals surface area (Å²) in [5.74, 6) is -0.617. The summed E-state index contributed by atoms with van der Waals surface area (Å²) >= 11 is 0. The van der Waals surface area contributed by atoms with E-state index in [-0.39, 0.29) is 25.2 Å². The molecular weight excluding hydrogens is 548 g/mol. The summed E-state index contributed by atoms with van der Waals surface area (Å²) in [4.78, 5) is 24.2. The van der Waals surface area contributed by atoms with Crippen LogP contribution in [0, 0.1) is 0 Å². The Kier molecular flexibility index (Phi) is 34.1. The van der Waals surface area contributed by atoms with Crippen molar-refractivity contribution in [3.63, 3.8) is 0 Å². The van der Waals surface area contributed by atoms with Crippen LogP contribution in [-0.4, -0.2) is 36.4 Å². The standard InChI is InChI=1S/C39H70O5/c1-3-5-7-9-11-13-15-17-19-21-23-25-27-29-31-33-38(41)43-36-37(35-40)44-39(42)34-32-30-28-26-24-22-20-18-16-14-12-10-8-6-4-2/h12,14,17-20,37,40H,3-11,13,15-16,21-36H2,1-2H3/b14-12-,19-17-,20-18?.